The number of nitrogens with zero attached hydrogens (tertiary/aromatic N) is 1. The monoisotopic (exact) mass is 279 g/mol. The fourth-order valence-corrected chi connectivity index (χ4v) is 2.51. The third-order valence-electron chi connectivity index (χ3n) is 4.06. The fourth-order valence-electron chi connectivity index (χ4n) is 2.51. The molecule has 3 heteroatoms. The quantitative estimate of drug-likeness (QED) is 0.751. The topological polar surface area (TPSA) is 32.7 Å². The van der Waals surface area contributed by atoms with Crippen molar-refractivity contribution >= 4 is 0 Å². The highest BCUT2D eigenvalue weighted by atomic mass is 16.5. The number of aryl methyl sites for hydroxylation is 1. The summed E-state index contributed by atoms with van der Waals surface area (Å²) in [6.07, 6.45) is 3.33. The van der Waals surface area contributed by atoms with Crippen LogP contribution in [0.2, 0.25) is 0 Å². The normalized spacial score (nSPS) is 14.4. The predicted molar refractivity (Wildman–Crippen MR) is 84.2 cm³/mol. The van der Waals surface area contributed by atoms with Crippen LogP contribution in [0.25, 0.3) is 0 Å². The largest absolute Gasteiger partial charge is 0.508 e. The number of ether oxygens (including phenoxy) is 1. The molecular weight excluding hydrogens is 250 g/mol. The highest BCUT2D eigenvalue weighted by molar-refractivity contribution is 5.25. The summed E-state index contributed by atoms with van der Waals surface area (Å²) >= 11 is 0. The van der Waals surface area contributed by atoms with E-state index in [0.29, 0.717) is 17.8 Å². The molecule has 0 amide bonds. The van der Waals surface area contributed by atoms with Gasteiger partial charge in [-0.1, -0.05) is 19.1 Å². The van der Waals surface area contributed by atoms with Gasteiger partial charge < -0.3 is 9.84 Å². The lowest BCUT2D eigenvalue weighted by molar-refractivity contribution is 0.0908. The van der Waals surface area contributed by atoms with Gasteiger partial charge in [-0.25, -0.2) is 0 Å². The molecule has 114 valence electrons. The Morgan fingerprint density at radius 1 is 1.15 bits per heavy atom. The van der Waals surface area contributed by atoms with E-state index in [-0.39, 0.29) is 0 Å². The summed E-state index contributed by atoms with van der Waals surface area (Å²) in [4.78, 5) is 2.53. The fraction of sp³-hybridized carbons (Fsp3) is 0.647. The molecule has 0 aliphatic heterocycles. The first-order valence-electron chi connectivity index (χ1n) is 7.61. The van der Waals surface area contributed by atoms with Crippen LogP contribution in [0.1, 0.15) is 39.2 Å². The van der Waals surface area contributed by atoms with Crippen molar-refractivity contribution in [2.75, 3.05) is 20.3 Å². The summed E-state index contributed by atoms with van der Waals surface area (Å²) in [6, 6.07) is 8.65. The molecule has 1 N–H and O–H groups in total. The number of aromatic hydroxyl groups is 1. The van der Waals surface area contributed by atoms with Crippen molar-refractivity contribution in [2.45, 2.75) is 52.1 Å². The lowest BCUT2D eigenvalue weighted by Gasteiger charge is -2.34. The Morgan fingerprint density at radius 2 is 1.80 bits per heavy atom. The first-order valence-corrected chi connectivity index (χ1v) is 7.61. The molecule has 0 aliphatic rings. The van der Waals surface area contributed by atoms with E-state index in [2.05, 4.69) is 25.7 Å². The number of hydrogen-bond acceptors (Lipinski definition) is 3. The van der Waals surface area contributed by atoms with Crippen molar-refractivity contribution in [3.05, 3.63) is 29.8 Å². The molecular formula is C17H29NO2. The van der Waals surface area contributed by atoms with Crippen LogP contribution in [0.4, 0.5) is 0 Å². The summed E-state index contributed by atoms with van der Waals surface area (Å²) in [5.41, 5.74) is 1.28. The van der Waals surface area contributed by atoms with E-state index in [0.717, 1.165) is 32.4 Å². The standard InChI is InChI=1S/C17H29NO2/c1-5-14(2)18(12-13-20-4)15(3)6-7-16-8-10-17(19)11-9-16/h8-11,14-15,19H,5-7,12-13H2,1-4H3. The van der Waals surface area contributed by atoms with E-state index >= 15 is 0 Å². The number of methoxy groups -OCH3 is 1. The van der Waals surface area contributed by atoms with Gasteiger partial charge in [0.15, 0.2) is 0 Å². The first kappa shape index (κ1) is 17.0. The zero-order valence-corrected chi connectivity index (χ0v) is 13.3. The van der Waals surface area contributed by atoms with Crippen LogP contribution in [0.3, 0.4) is 0 Å². The summed E-state index contributed by atoms with van der Waals surface area (Å²) in [5.74, 6) is 0.336. The van der Waals surface area contributed by atoms with Gasteiger partial charge in [0.1, 0.15) is 5.75 Å². The Morgan fingerprint density at radius 3 is 2.35 bits per heavy atom. The van der Waals surface area contributed by atoms with E-state index in [9.17, 15) is 5.11 Å². The molecule has 20 heavy (non-hydrogen) atoms. The maximum Gasteiger partial charge on any atom is 0.115 e. The molecule has 0 aliphatic carbocycles. The molecule has 0 saturated heterocycles. The van der Waals surface area contributed by atoms with Crippen LogP contribution < -0.4 is 0 Å². The predicted octanol–water partition coefficient (Wildman–Crippen LogP) is 3.46. The molecule has 0 radical (unpaired) electrons. The highest BCUT2D eigenvalue weighted by Gasteiger charge is 2.18. The van der Waals surface area contributed by atoms with E-state index in [4.69, 9.17) is 4.74 Å². The van der Waals surface area contributed by atoms with Gasteiger partial charge in [-0.3, -0.25) is 4.90 Å². The van der Waals surface area contributed by atoms with Crippen molar-refractivity contribution in [3.8, 4) is 5.75 Å². The molecule has 0 fully saturated rings. The molecule has 0 spiro atoms. The zero-order valence-electron chi connectivity index (χ0n) is 13.3. The van der Waals surface area contributed by atoms with Gasteiger partial charge in [0.25, 0.3) is 0 Å². The maximum atomic E-state index is 9.30. The lowest BCUT2D eigenvalue weighted by Crippen LogP contribution is -2.42. The molecule has 0 bridgehead atoms. The third kappa shape index (κ3) is 5.51. The summed E-state index contributed by atoms with van der Waals surface area (Å²) in [6.45, 7) is 8.59. The van der Waals surface area contributed by atoms with E-state index < -0.39 is 0 Å². The van der Waals surface area contributed by atoms with E-state index in [1.165, 1.54) is 5.56 Å². The number of phenolic OH excluding ortho intramolecular Hbond substituents is 1. The van der Waals surface area contributed by atoms with Crippen molar-refractivity contribution in [1.29, 1.82) is 0 Å². The first-order chi connectivity index (χ1) is 9.58. The molecule has 1 aromatic carbocycles. The highest BCUT2D eigenvalue weighted by Crippen LogP contribution is 2.16. The average Bonchev–Trinajstić information content (AvgIpc) is 2.46. The van der Waals surface area contributed by atoms with Crippen LogP contribution in [0.15, 0.2) is 24.3 Å². The average molecular weight is 279 g/mol. The van der Waals surface area contributed by atoms with Gasteiger partial charge in [-0.2, -0.15) is 0 Å². The molecule has 3 nitrogen and oxygen atoms in total. The van der Waals surface area contributed by atoms with Crippen LogP contribution in [-0.4, -0.2) is 42.4 Å². The Balaban J connectivity index is 2.52. The van der Waals surface area contributed by atoms with Gasteiger partial charge in [0.05, 0.1) is 6.61 Å². The van der Waals surface area contributed by atoms with Crippen LogP contribution in [-0.2, 0) is 11.2 Å². The Kier molecular flexibility index (Phi) is 7.63. The van der Waals surface area contributed by atoms with Gasteiger partial charge in [0.2, 0.25) is 0 Å². The Labute approximate surface area is 123 Å². The van der Waals surface area contributed by atoms with E-state index in [1.807, 2.05) is 12.1 Å². The Bertz CT molecular complexity index is 364. The third-order valence-corrected chi connectivity index (χ3v) is 4.06. The van der Waals surface area contributed by atoms with Crippen molar-refractivity contribution in [2.24, 2.45) is 0 Å². The lowest BCUT2D eigenvalue weighted by atomic mass is 10.0. The van der Waals surface area contributed by atoms with Crippen LogP contribution in [0, 0.1) is 0 Å². The molecule has 2 atom stereocenters. The van der Waals surface area contributed by atoms with Gasteiger partial charge in [-0.15, -0.1) is 0 Å². The number of benzene rings is 1. The minimum absolute atomic E-state index is 0.336. The smallest absolute Gasteiger partial charge is 0.115 e. The zero-order chi connectivity index (χ0) is 15.0. The molecule has 1 aromatic rings. The Hall–Kier alpha value is -1.06. The minimum Gasteiger partial charge on any atom is -0.508 e. The molecule has 0 heterocycles. The van der Waals surface area contributed by atoms with Crippen molar-refractivity contribution < 1.29 is 9.84 Å². The minimum atomic E-state index is 0.336. The molecule has 2 unspecified atom stereocenters. The van der Waals surface area contributed by atoms with Gasteiger partial charge in [-0.05, 0) is 50.8 Å². The van der Waals surface area contributed by atoms with Gasteiger partial charge >= 0.3 is 0 Å². The summed E-state index contributed by atoms with van der Waals surface area (Å²) < 4.78 is 5.22. The second-order valence-electron chi connectivity index (χ2n) is 5.54. The number of phenols is 1. The van der Waals surface area contributed by atoms with Crippen LogP contribution >= 0.6 is 0 Å². The SMILES string of the molecule is CCC(C)N(CCOC)C(C)CCc1ccc(O)cc1. The van der Waals surface area contributed by atoms with E-state index in [1.54, 1.807) is 19.2 Å². The summed E-state index contributed by atoms with van der Waals surface area (Å²) in [7, 11) is 1.76. The second-order valence-corrected chi connectivity index (χ2v) is 5.54. The number of hydrogen-bond donors (Lipinski definition) is 1. The number of rotatable bonds is 9. The summed E-state index contributed by atoms with van der Waals surface area (Å²) in [5, 5.41) is 9.30. The molecule has 1 rings (SSSR count). The molecule has 0 aromatic heterocycles. The van der Waals surface area contributed by atoms with Crippen molar-refractivity contribution in [1.82, 2.24) is 4.90 Å². The van der Waals surface area contributed by atoms with Crippen LogP contribution in [0.5, 0.6) is 5.75 Å². The van der Waals surface area contributed by atoms with Gasteiger partial charge in [0, 0.05) is 25.7 Å². The second kappa shape index (κ2) is 8.98. The van der Waals surface area contributed by atoms with Crippen molar-refractivity contribution in [3.63, 3.8) is 0 Å². The maximum absolute atomic E-state index is 9.30. The molecule has 0 saturated carbocycles.